The average molecular weight is 193 g/mol. The molecule has 0 aliphatic heterocycles. The molecule has 74 valence electrons. The molecular formula is C10H11NO3. The van der Waals surface area contributed by atoms with Gasteiger partial charge in [0, 0.05) is 12.3 Å². The Labute approximate surface area is 81.9 Å². The zero-order chi connectivity index (χ0) is 10.6. The number of hydrogen-bond donors (Lipinski definition) is 0. The molecule has 1 aromatic rings. The van der Waals surface area contributed by atoms with Gasteiger partial charge in [-0.05, 0) is 19.9 Å². The molecule has 0 aromatic carbocycles. The Bertz CT molecular complexity index is 334. The summed E-state index contributed by atoms with van der Waals surface area (Å²) in [7, 11) is 0. The number of Topliss-reactive ketones (excluding diaryl/α,β-unsaturated/α-hetero) is 1. The first-order valence-corrected chi connectivity index (χ1v) is 4.24. The van der Waals surface area contributed by atoms with Crippen LogP contribution < -0.4 is 4.74 Å². The van der Waals surface area contributed by atoms with E-state index in [1.54, 1.807) is 18.2 Å². The SMILES string of the molecule is CC(=O)C(C)C(=O)Oc1ccccn1. The quantitative estimate of drug-likeness (QED) is 0.534. The number of aromatic nitrogens is 1. The second kappa shape index (κ2) is 4.50. The van der Waals surface area contributed by atoms with Crippen LogP contribution in [0.1, 0.15) is 13.8 Å². The summed E-state index contributed by atoms with van der Waals surface area (Å²) < 4.78 is 4.87. The zero-order valence-electron chi connectivity index (χ0n) is 8.06. The van der Waals surface area contributed by atoms with Gasteiger partial charge >= 0.3 is 5.97 Å². The van der Waals surface area contributed by atoms with E-state index in [0.29, 0.717) is 0 Å². The summed E-state index contributed by atoms with van der Waals surface area (Å²) in [4.78, 5) is 25.9. The standard InChI is InChI=1S/C10H11NO3/c1-7(8(2)12)10(13)14-9-5-3-4-6-11-9/h3-7H,1-2H3. The highest BCUT2D eigenvalue weighted by molar-refractivity contribution is 5.97. The Morgan fingerprint density at radius 3 is 2.64 bits per heavy atom. The first-order valence-electron chi connectivity index (χ1n) is 4.24. The minimum absolute atomic E-state index is 0.214. The third-order valence-corrected chi connectivity index (χ3v) is 1.81. The highest BCUT2D eigenvalue weighted by Gasteiger charge is 2.19. The lowest BCUT2D eigenvalue weighted by Crippen LogP contribution is -2.23. The van der Waals surface area contributed by atoms with E-state index in [1.165, 1.54) is 20.0 Å². The highest BCUT2D eigenvalue weighted by atomic mass is 16.5. The fourth-order valence-corrected chi connectivity index (χ4v) is 0.765. The number of rotatable bonds is 3. The molecule has 0 saturated heterocycles. The minimum Gasteiger partial charge on any atom is -0.407 e. The molecule has 1 atom stereocenters. The van der Waals surface area contributed by atoms with Crippen molar-refractivity contribution in [3.8, 4) is 5.88 Å². The maximum atomic E-state index is 11.3. The molecule has 0 amide bonds. The van der Waals surface area contributed by atoms with Gasteiger partial charge in [-0.25, -0.2) is 4.98 Å². The van der Waals surface area contributed by atoms with E-state index >= 15 is 0 Å². The number of ether oxygens (including phenoxy) is 1. The number of carbonyl (C=O) groups is 2. The molecule has 1 heterocycles. The number of carbonyl (C=O) groups excluding carboxylic acids is 2. The molecule has 1 rings (SSSR count). The fourth-order valence-electron chi connectivity index (χ4n) is 0.765. The van der Waals surface area contributed by atoms with Gasteiger partial charge in [0.1, 0.15) is 11.7 Å². The predicted octanol–water partition coefficient (Wildman–Crippen LogP) is 1.21. The Morgan fingerprint density at radius 2 is 2.14 bits per heavy atom. The van der Waals surface area contributed by atoms with E-state index in [2.05, 4.69) is 4.98 Å². The summed E-state index contributed by atoms with van der Waals surface area (Å²) in [6, 6.07) is 4.98. The van der Waals surface area contributed by atoms with E-state index in [4.69, 9.17) is 4.74 Å². The average Bonchev–Trinajstić information content (AvgIpc) is 2.18. The lowest BCUT2D eigenvalue weighted by Gasteiger charge is -2.06. The summed E-state index contributed by atoms with van der Waals surface area (Å²) in [5, 5.41) is 0. The Morgan fingerprint density at radius 1 is 1.43 bits per heavy atom. The van der Waals surface area contributed by atoms with Gasteiger partial charge in [-0.2, -0.15) is 0 Å². The molecular weight excluding hydrogens is 182 g/mol. The van der Waals surface area contributed by atoms with Crippen LogP contribution in [0.4, 0.5) is 0 Å². The second-order valence-electron chi connectivity index (χ2n) is 2.92. The van der Waals surface area contributed by atoms with E-state index in [-0.39, 0.29) is 11.7 Å². The first-order chi connectivity index (χ1) is 6.61. The zero-order valence-corrected chi connectivity index (χ0v) is 8.06. The van der Waals surface area contributed by atoms with E-state index in [1.807, 2.05) is 0 Å². The van der Waals surface area contributed by atoms with Gasteiger partial charge in [-0.3, -0.25) is 9.59 Å². The van der Waals surface area contributed by atoms with Gasteiger partial charge < -0.3 is 4.74 Å². The molecule has 4 heteroatoms. The van der Waals surface area contributed by atoms with Crippen LogP contribution in [0.15, 0.2) is 24.4 Å². The lowest BCUT2D eigenvalue weighted by atomic mass is 10.1. The predicted molar refractivity (Wildman–Crippen MR) is 49.7 cm³/mol. The molecule has 1 unspecified atom stereocenters. The van der Waals surface area contributed by atoms with Gasteiger partial charge in [0.2, 0.25) is 5.88 Å². The van der Waals surface area contributed by atoms with E-state index in [9.17, 15) is 9.59 Å². The van der Waals surface area contributed by atoms with Crippen molar-refractivity contribution in [3.63, 3.8) is 0 Å². The van der Waals surface area contributed by atoms with Crippen molar-refractivity contribution in [2.24, 2.45) is 5.92 Å². The Hall–Kier alpha value is -1.71. The summed E-state index contributed by atoms with van der Waals surface area (Å²) in [6.45, 7) is 2.86. The van der Waals surface area contributed by atoms with Crippen LogP contribution in [0.3, 0.4) is 0 Å². The van der Waals surface area contributed by atoms with Gasteiger partial charge in [-0.15, -0.1) is 0 Å². The fraction of sp³-hybridized carbons (Fsp3) is 0.300. The maximum Gasteiger partial charge on any atom is 0.322 e. The van der Waals surface area contributed by atoms with Crippen LogP contribution >= 0.6 is 0 Å². The molecule has 0 bridgehead atoms. The van der Waals surface area contributed by atoms with Crippen molar-refractivity contribution < 1.29 is 14.3 Å². The number of ketones is 1. The monoisotopic (exact) mass is 193 g/mol. The number of esters is 1. The summed E-state index contributed by atoms with van der Waals surface area (Å²) >= 11 is 0. The van der Waals surface area contributed by atoms with E-state index < -0.39 is 11.9 Å². The molecule has 0 radical (unpaired) electrons. The number of hydrogen-bond acceptors (Lipinski definition) is 4. The van der Waals surface area contributed by atoms with Crippen LogP contribution in [0.2, 0.25) is 0 Å². The Kier molecular flexibility index (Phi) is 3.34. The largest absolute Gasteiger partial charge is 0.407 e. The van der Waals surface area contributed by atoms with Crippen molar-refractivity contribution in [3.05, 3.63) is 24.4 Å². The molecule has 0 fully saturated rings. The van der Waals surface area contributed by atoms with Crippen LogP contribution in [0.25, 0.3) is 0 Å². The van der Waals surface area contributed by atoms with Gasteiger partial charge in [-0.1, -0.05) is 6.07 Å². The third kappa shape index (κ3) is 2.65. The molecule has 0 aliphatic rings. The third-order valence-electron chi connectivity index (χ3n) is 1.81. The highest BCUT2D eigenvalue weighted by Crippen LogP contribution is 2.07. The van der Waals surface area contributed by atoms with Gasteiger partial charge in [0.15, 0.2) is 0 Å². The minimum atomic E-state index is -0.739. The van der Waals surface area contributed by atoms with Crippen LogP contribution in [-0.4, -0.2) is 16.7 Å². The lowest BCUT2D eigenvalue weighted by molar-refractivity contribution is -0.142. The second-order valence-corrected chi connectivity index (χ2v) is 2.92. The molecule has 1 aromatic heterocycles. The van der Waals surface area contributed by atoms with Gasteiger partial charge in [0.25, 0.3) is 0 Å². The van der Waals surface area contributed by atoms with E-state index in [0.717, 1.165) is 0 Å². The first kappa shape index (κ1) is 10.4. The van der Waals surface area contributed by atoms with Crippen molar-refractivity contribution in [2.75, 3.05) is 0 Å². The summed E-state index contributed by atoms with van der Waals surface area (Å²) in [6.07, 6.45) is 1.51. The van der Waals surface area contributed by atoms with Crippen LogP contribution in [0, 0.1) is 5.92 Å². The molecule has 0 spiro atoms. The molecule has 14 heavy (non-hydrogen) atoms. The topological polar surface area (TPSA) is 56.3 Å². The van der Waals surface area contributed by atoms with Crippen molar-refractivity contribution in [2.45, 2.75) is 13.8 Å². The summed E-state index contributed by atoms with van der Waals surface area (Å²) in [5.74, 6) is -1.32. The van der Waals surface area contributed by atoms with Crippen molar-refractivity contribution >= 4 is 11.8 Å². The van der Waals surface area contributed by atoms with Crippen molar-refractivity contribution in [1.82, 2.24) is 4.98 Å². The van der Waals surface area contributed by atoms with Gasteiger partial charge in [0.05, 0.1) is 0 Å². The molecule has 0 saturated carbocycles. The number of pyridine rings is 1. The molecule has 0 aliphatic carbocycles. The normalized spacial score (nSPS) is 11.9. The number of nitrogens with zero attached hydrogens (tertiary/aromatic N) is 1. The molecule has 4 nitrogen and oxygen atoms in total. The van der Waals surface area contributed by atoms with Crippen molar-refractivity contribution in [1.29, 1.82) is 0 Å². The maximum absolute atomic E-state index is 11.3. The Balaban J connectivity index is 2.62. The van der Waals surface area contributed by atoms with Crippen LogP contribution in [-0.2, 0) is 9.59 Å². The molecule has 0 N–H and O–H groups in total. The smallest absolute Gasteiger partial charge is 0.322 e. The van der Waals surface area contributed by atoms with Crippen LogP contribution in [0.5, 0.6) is 5.88 Å². The summed E-state index contributed by atoms with van der Waals surface area (Å²) in [5.41, 5.74) is 0.